The van der Waals surface area contributed by atoms with Crippen LogP contribution in [-0.4, -0.2) is 28.4 Å². The first-order chi connectivity index (χ1) is 10.7. The molecule has 2 heterocycles. The minimum atomic E-state index is 0.0826. The van der Waals surface area contributed by atoms with Crippen LogP contribution in [0.3, 0.4) is 0 Å². The predicted octanol–water partition coefficient (Wildman–Crippen LogP) is 3.63. The molecule has 22 heavy (non-hydrogen) atoms. The Morgan fingerprint density at radius 3 is 2.77 bits per heavy atom. The van der Waals surface area contributed by atoms with Gasteiger partial charge in [0.2, 0.25) is 0 Å². The molecule has 0 saturated carbocycles. The van der Waals surface area contributed by atoms with Crippen LogP contribution in [0.5, 0.6) is 0 Å². The summed E-state index contributed by atoms with van der Waals surface area (Å²) in [5.41, 5.74) is 2.81. The lowest BCUT2D eigenvalue weighted by molar-refractivity contribution is 0.0724. The molecule has 1 aromatic heterocycles. The van der Waals surface area contributed by atoms with E-state index in [1.807, 2.05) is 36.1 Å². The van der Waals surface area contributed by atoms with Gasteiger partial charge in [0.15, 0.2) is 0 Å². The van der Waals surface area contributed by atoms with Crippen molar-refractivity contribution in [1.29, 1.82) is 0 Å². The lowest BCUT2D eigenvalue weighted by Gasteiger charge is -2.24. The van der Waals surface area contributed by atoms with Gasteiger partial charge < -0.3 is 4.90 Å². The number of likely N-dealkylation sites (tertiary alicyclic amines) is 1. The van der Waals surface area contributed by atoms with E-state index in [2.05, 4.69) is 29.2 Å². The highest BCUT2D eigenvalue weighted by Gasteiger charge is 2.29. The van der Waals surface area contributed by atoms with Gasteiger partial charge in [-0.25, -0.2) is 4.98 Å². The zero-order valence-corrected chi connectivity index (χ0v) is 13.0. The molecule has 3 rings (SSSR count). The topological polar surface area (TPSA) is 33.2 Å². The van der Waals surface area contributed by atoms with Crippen LogP contribution in [0.4, 0.5) is 0 Å². The van der Waals surface area contributed by atoms with Crippen molar-refractivity contribution < 1.29 is 4.79 Å². The van der Waals surface area contributed by atoms with Crippen LogP contribution >= 0.6 is 0 Å². The molecule has 0 spiro atoms. The third kappa shape index (κ3) is 3.35. The first kappa shape index (κ1) is 14.8. The average Bonchev–Trinajstić information content (AvgIpc) is 3.01. The second-order valence-electron chi connectivity index (χ2n) is 5.98. The summed E-state index contributed by atoms with van der Waals surface area (Å²) in [5.74, 6) is 0.0826. The number of pyridine rings is 1. The Morgan fingerprint density at radius 2 is 2.00 bits per heavy atom. The molecular weight excluding hydrogens is 272 g/mol. The summed E-state index contributed by atoms with van der Waals surface area (Å²) >= 11 is 0. The number of benzene rings is 1. The van der Waals surface area contributed by atoms with Crippen LogP contribution in [0.15, 0.2) is 48.5 Å². The second kappa shape index (κ2) is 6.73. The standard InChI is InChI=1S/C19H22N2O/c1-15-7-5-11-18(20-15)19(22)21-14-6-10-17(21)13-12-16-8-3-2-4-9-16/h2-5,7-9,11,17H,6,10,12-14H2,1H3. The first-order valence-electron chi connectivity index (χ1n) is 8.02. The summed E-state index contributed by atoms with van der Waals surface area (Å²) in [6, 6.07) is 16.5. The van der Waals surface area contributed by atoms with E-state index >= 15 is 0 Å². The third-order valence-electron chi connectivity index (χ3n) is 4.35. The number of nitrogens with zero attached hydrogens (tertiary/aromatic N) is 2. The molecular formula is C19H22N2O. The van der Waals surface area contributed by atoms with Gasteiger partial charge in [-0.05, 0) is 50.3 Å². The number of carbonyl (C=O) groups excluding carboxylic acids is 1. The molecule has 1 aliphatic heterocycles. The Labute approximate surface area is 132 Å². The fourth-order valence-electron chi connectivity index (χ4n) is 3.19. The molecule has 1 aromatic carbocycles. The van der Waals surface area contributed by atoms with E-state index in [1.165, 1.54) is 5.56 Å². The minimum absolute atomic E-state index is 0.0826. The fourth-order valence-corrected chi connectivity index (χ4v) is 3.19. The zero-order chi connectivity index (χ0) is 15.4. The van der Waals surface area contributed by atoms with Crippen molar-refractivity contribution in [3.63, 3.8) is 0 Å². The Bertz CT molecular complexity index is 639. The molecule has 1 amide bonds. The van der Waals surface area contributed by atoms with E-state index in [0.29, 0.717) is 11.7 Å². The molecule has 3 heteroatoms. The number of aromatic nitrogens is 1. The summed E-state index contributed by atoms with van der Waals surface area (Å²) < 4.78 is 0. The van der Waals surface area contributed by atoms with Crippen LogP contribution in [0.1, 0.15) is 41.0 Å². The third-order valence-corrected chi connectivity index (χ3v) is 4.35. The molecule has 2 aromatic rings. The van der Waals surface area contributed by atoms with Gasteiger partial charge in [-0.3, -0.25) is 4.79 Å². The molecule has 0 bridgehead atoms. The summed E-state index contributed by atoms with van der Waals surface area (Å²) in [5, 5.41) is 0. The quantitative estimate of drug-likeness (QED) is 0.862. The number of rotatable bonds is 4. The number of hydrogen-bond acceptors (Lipinski definition) is 2. The van der Waals surface area contributed by atoms with Gasteiger partial charge in [-0.15, -0.1) is 0 Å². The SMILES string of the molecule is Cc1cccc(C(=O)N2CCCC2CCc2ccccc2)n1. The smallest absolute Gasteiger partial charge is 0.272 e. The zero-order valence-electron chi connectivity index (χ0n) is 13.0. The Kier molecular flexibility index (Phi) is 4.52. The first-order valence-corrected chi connectivity index (χ1v) is 8.02. The van der Waals surface area contributed by atoms with Gasteiger partial charge in [0, 0.05) is 18.3 Å². The van der Waals surface area contributed by atoms with Gasteiger partial charge in [0.25, 0.3) is 5.91 Å². The van der Waals surface area contributed by atoms with Crippen molar-refractivity contribution in [3.8, 4) is 0 Å². The molecule has 3 nitrogen and oxygen atoms in total. The van der Waals surface area contributed by atoms with Crippen LogP contribution in [0.2, 0.25) is 0 Å². The Balaban J connectivity index is 1.66. The lowest BCUT2D eigenvalue weighted by atomic mass is 10.0. The number of carbonyl (C=O) groups is 1. The van der Waals surface area contributed by atoms with E-state index in [9.17, 15) is 4.79 Å². The van der Waals surface area contributed by atoms with Crippen molar-refractivity contribution >= 4 is 5.91 Å². The van der Waals surface area contributed by atoms with E-state index in [4.69, 9.17) is 0 Å². The highest BCUT2D eigenvalue weighted by molar-refractivity contribution is 5.92. The second-order valence-corrected chi connectivity index (χ2v) is 5.98. The van der Waals surface area contributed by atoms with Crippen LogP contribution in [0.25, 0.3) is 0 Å². The minimum Gasteiger partial charge on any atom is -0.334 e. The van der Waals surface area contributed by atoms with Crippen molar-refractivity contribution in [1.82, 2.24) is 9.88 Å². The average molecular weight is 294 g/mol. The maximum Gasteiger partial charge on any atom is 0.272 e. The van der Waals surface area contributed by atoms with Gasteiger partial charge >= 0.3 is 0 Å². The van der Waals surface area contributed by atoms with Gasteiger partial charge in [0.05, 0.1) is 0 Å². The van der Waals surface area contributed by atoms with Crippen molar-refractivity contribution in [2.24, 2.45) is 0 Å². The monoisotopic (exact) mass is 294 g/mol. The highest BCUT2D eigenvalue weighted by Crippen LogP contribution is 2.23. The van der Waals surface area contributed by atoms with E-state index in [-0.39, 0.29) is 5.91 Å². The summed E-state index contributed by atoms with van der Waals surface area (Å²) in [4.78, 5) is 19.1. The largest absolute Gasteiger partial charge is 0.334 e. The molecule has 0 radical (unpaired) electrons. The van der Waals surface area contributed by atoms with Crippen molar-refractivity contribution in [2.75, 3.05) is 6.54 Å². The van der Waals surface area contributed by atoms with Crippen molar-refractivity contribution in [2.45, 2.75) is 38.6 Å². The highest BCUT2D eigenvalue weighted by atomic mass is 16.2. The summed E-state index contributed by atoms with van der Waals surface area (Å²) in [6.07, 6.45) is 4.25. The van der Waals surface area contributed by atoms with E-state index in [0.717, 1.165) is 37.9 Å². The Hall–Kier alpha value is -2.16. The van der Waals surface area contributed by atoms with E-state index in [1.54, 1.807) is 0 Å². The van der Waals surface area contributed by atoms with Gasteiger partial charge in [-0.1, -0.05) is 36.4 Å². The lowest BCUT2D eigenvalue weighted by Crippen LogP contribution is -2.36. The molecule has 1 aliphatic rings. The van der Waals surface area contributed by atoms with E-state index < -0.39 is 0 Å². The summed E-state index contributed by atoms with van der Waals surface area (Å²) in [6.45, 7) is 2.78. The van der Waals surface area contributed by atoms with Gasteiger partial charge in [0.1, 0.15) is 5.69 Å². The van der Waals surface area contributed by atoms with Gasteiger partial charge in [-0.2, -0.15) is 0 Å². The fraction of sp³-hybridized carbons (Fsp3) is 0.368. The number of hydrogen-bond donors (Lipinski definition) is 0. The number of aryl methyl sites for hydroxylation is 2. The predicted molar refractivity (Wildman–Crippen MR) is 87.8 cm³/mol. The van der Waals surface area contributed by atoms with Crippen LogP contribution in [-0.2, 0) is 6.42 Å². The normalized spacial score (nSPS) is 17.7. The molecule has 1 saturated heterocycles. The molecule has 1 atom stereocenters. The van der Waals surface area contributed by atoms with Crippen LogP contribution < -0.4 is 0 Å². The molecule has 0 N–H and O–H groups in total. The van der Waals surface area contributed by atoms with Crippen molar-refractivity contribution in [3.05, 3.63) is 65.5 Å². The van der Waals surface area contributed by atoms with Crippen LogP contribution in [0, 0.1) is 6.92 Å². The maximum atomic E-state index is 12.7. The molecule has 1 unspecified atom stereocenters. The molecule has 0 aliphatic carbocycles. The number of amides is 1. The summed E-state index contributed by atoms with van der Waals surface area (Å²) in [7, 11) is 0. The molecule has 114 valence electrons. The Morgan fingerprint density at radius 1 is 1.18 bits per heavy atom. The maximum absolute atomic E-state index is 12.7. The molecule has 1 fully saturated rings.